The standard InChI is InChI=1S/C3H8.H2O3S2/c1-3-2;1-5(2,3)4/h3H2,1-2H3;(H2,1,2,3,4). The predicted octanol–water partition coefficient (Wildman–Crippen LogP) is 1.09. The monoisotopic (exact) mass is 158 g/mol. The van der Waals surface area contributed by atoms with Crippen molar-refractivity contribution in [2.45, 2.75) is 20.3 Å². The SMILES string of the molecule is CCC.O=S(O)(O)=S. The van der Waals surface area contributed by atoms with Crippen LogP contribution in [0.2, 0.25) is 0 Å². The van der Waals surface area contributed by atoms with Gasteiger partial charge in [-0.15, -0.1) is 0 Å². The fourth-order valence-electron chi connectivity index (χ4n) is 0. The van der Waals surface area contributed by atoms with E-state index < -0.39 is 9.05 Å². The summed E-state index contributed by atoms with van der Waals surface area (Å²) in [6.45, 7) is 4.25. The van der Waals surface area contributed by atoms with Gasteiger partial charge in [-0.1, -0.05) is 20.3 Å². The summed E-state index contributed by atoms with van der Waals surface area (Å²) >= 11 is 3.47. The average molecular weight is 158 g/mol. The lowest BCUT2D eigenvalue weighted by Crippen LogP contribution is -1.86. The molecule has 0 aliphatic rings. The zero-order valence-corrected chi connectivity index (χ0v) is 6.46. The summed E-state index contributed by atoms with van der Waals surface area (Å²) < 4.78 is 24.0. The van der Waals surface area contributed by atoms with Crippen LogP contribution in [0.25, 0.3) is 0 Å². The van der Waals surface area contributed by atoms with Crippen LogP contribution in [-0.2, 0) is 20.2 Å². The van der Waals surface area contributed by atoms with Crippen LogP contribution in [0.5, 0.6) is 0 Å². The van der Waals surface area contributed by atoms with Crippen molar-refractivity contribution in [1.82, 2.24) is 0 Å². The summed E-state index contributed by atoms with van der Waals surface area (Å²) in [5.74, 6) is 0. The van der Waals surface area contributed by atoms with E-state index in [1.807, 2.05) is 0 Å². The van der Waals surface area contributed by atoms with E-state index in [2.05, 4.69) is 25.0 Å². The highest BCUT2D eigenvalue weighted by molar-refractivity contribution is 8.26. The van der Waals surface area contributed by atoms with Crippen LogP contribution in [0.15, 0.2) is 0 Å². The molecule has 0 aromatic heterocycles. The maximum atomic E-state index is 9.11. The first kappa shape index (κ1) is 11.1. The van der Waals surface area contributed by atoms with Crippen molar-refractivity contribution in [1.29, 1.82) is 0 Å². The summed E-state index contributed by atoms with van der Waals surface area (Å²) in [7, 11) is -3.83. The molecule has 0 spiro atoms. The van der Waals surface area contributed by atoms with Crippen molar-refractivity contribution < 1.29 is 13.3 Å². The van der Waals surface area contributed by atoms with Gasteiger partial charge in [-0.3, -0.25) is 9.11 Å². The molecule has 0 bridgehead atoms. The summed E-state index contributed by atoms with van der Waals surface area (Å²) in [4.78, 5) is 0. The minimum Gasteiger partial charge on any atom is -0.285 e. The molecule has 3 nitrogen and oxygen atoms in total. The molecular weight excluding hydrogens is 148 g/mol. The van der Waals surface area contributed by atoms with E-state index in [-0.39, 0.29) is 0 Å². The van der Waals surface area contributed by atoms with Crippen LogP contribution in [0.4, 0.5) is 0 Å². The molecule has 0 saturated heterocycles. The second kappa shape index (κ2) is 5.43. The molecular formula is C3H10O3S2. The molecule has 0 aromatic carbocycles. The molecule has 2 N–H and O–H groups in total. The van der Waals surface area contributed by atoms with Gasteiger partial charge in [0.05, 0.1) is 0 Å². The second-order valence-corrected chi connectivity index (χ2v) is 3.35. The van der Waals surface area contributed by atoms with Crippen molar-refractivity contribution >= 4 is 20.2 Å². The Morgan fingerprint density at radius 3 is 1.50 bits per heavy atom. The Labute approximate surface area is 54.4 Å². The zero-order valence-electron chi connectivity index (χ0n) is 4.83. The lowest BCUT2D eigenvalue weighted by atomic mass is 10.6. The Hall–Kier alpha value is 0.290. The van der Waals surface area contributed by atoms with Gasteiger partial charge in [0.15, 0.2) is 0 Å². The van der Waals surface area contributed by atoms with Crippen LogP contribution in [0.3, 0.4) is 0 Å². The van der Waals surface area contributed by atoms with E-state index in [1.165, 1.54) is 6.42 Å². The second-order valence-electron chi connectivity index (χ2n) is 1.15. The molecule has 0 heterocycles. The highest BCUT2D eigenvalue weighted by atomic mass is 32.9. The molecule has 52 valence electrons. The normalized spacial score (nSPS) is 9.50. The van der Waals surface area contributed by atoms with Crippen LogP contribution >= 0.6 is 0 Å². The summed E-state index contributed by atoms with van der Waals surface area (Å²) in [5.41, 5.74) is 0. The Balaban J connectivity index is 0. The molecule has 0 fully saturated rings. The first-order valence-corrected chi connectivity index (χ1v) is 4.51. The van der Waals surface area contributed by atoms with E-state index in [1.54, 1.807) is 0 Å². The maximum absolute atomic E-state index is 9.11. The molecule has 0 saturated carbocycles. The third-order valence-corrected chi connectivity index (χ3v) is 0. The van der Waals surface area contributed by atoms with Crippen LogP contribution < -0.4 is 0 Å². The number of hydrogen-bond acceptors (Lipinski definition) is 2. The average Bonchev–Trinajstić information content (AvgIpc) is 1.27. The van der Waals surface area contributed by atoms with Crippen molar-refractivity contribution in [3.05, 3.63) is 0 Å². The quantitative estimate of drug-likeness (QED) is 0.554. The van der Waals surface area contributed by atoms with Gasteiger partial charge in [-0.2, -0.15) is 4.21 Å². The Morgan fingerprint density at radius 1 is 1.50 bits per heavy atom. The molecule has 8 heavy (non-hydrogen) atoms. The van der Waals surface area contributed by atoms with Gasteiger partial charge in [0, 0.05) is 11.2 Å². The molecule has 0 aliphatic carbocycles. The highest BCUT2D eigenvalue weighted by Crippen LogP contribution is 1.62. The smallest absolute Gasteiger partial charge is 0.263 e. The van der Waals surface area contributed by atoms with E-state index in [4.69, 9.17) is 13.3 Å². The summed E-state index contributed by atoms with van der Waals surface area (Å²) in [6.07, 6.45) is 1.25. The fourth-order valence-corrected chi connectivity index (χ4v) is 0. The topological polar surface area (TPSA) is 57.5 Å². The van der Waals surface area contributed by atoms with E-state index in [0.29, 0.717) is 0 Å². The lowest BCUT2D eigenvalue weighted by Gasteiger charge is -1.73. The lowest BCUT2D eigenvalue weighted by molar-refractivity contribution is 0.450. The third kappa shape index (κ3) is 2090. The molecule has 0 aliphatic heterocycles. The fraction of sp³-hybridized carbons (Fsp3) is 1.00. The number of hydrogen-bond donors (Lipinski definition) is 2. The third-order valence-electron chi connectivity index (χ3n) is 0. The first-order chi connectivity index (χ1) is 3.41. The zero-order chi connectivity index (χ0) is 7.21. The van der Waals surface area contributed by atoms with Gasteiger partial charge in [0.2, 0.25) is 0 Å². The van der Waals surface area contributed by atoms with Gasteiger partial charge in [0.25, 0.3) is 9.05 Å². The summed E-state index contributed by atoms with van der Waals surface area (Å²) in [6, 6.07) is 0. The largest absolute Gasteiger partial charge is 0.285 e. The molecule has 0 radical (unpaired) electrons. The molecule has 0 atom stereocenters. The predicted molar refractivity (Wildman–Crippen MR) is 36.7 cm³/mol. The van der Waals surface area contributed by atoms with Crippen molar-refractivity contribution in [3.63, 3.8) is 0 Å². The van der Waals surface area contributed by atoms with Crippen molar-refractivity contribution in [2.24, 2.45) is 0 Å². The van der Waals surface area contributed by atoms with Crippen LogP contribution in [0.1, 0.15) is 20.3 Å². The molecule has 0 amide bonds. The van der Waals surface area contributed by atoms with Gasteiger partial charge in [-0.05, 0) is 0 Å². The van der Waals surface area contributed by atoms with E-state index in [0.717, 1.165) is 0 Å². The molecule has 0 unspecified atom stereocenters. The molecule has 5 heteroatoms. The highest BCUT2D eigenvalue weighted by Gasteiger charge is 1.78. The van der Waals surface area contributed by atoms with Gasteiger partial charge >= 0.3 is 0 Å². The van der Waals surface area contributed by atoms with Gasteiger partial charge < -0.3 is 0 Å². The maximum Gasteiger partial charge on any atom is 0.263 e. The Morgan fingerprint density at radius 2 is 1.50 bits per heavy atom. The molecule has 0 aromatic rings. The van der Waals surface area contributed by atoms with Crippen LogP contribution in [-0.4, -0.2) is 13.3 Å². The Bertz CT molecular complexity index is 106. The van der Waals surface area contributed by atoms with Gasteiger partial charge in [-0.25, -0.2) is 0 Å². The van der Waals surface area contributed by atoms with Crippen molar-refractivity contribution in [3.8, 4) is 0 Å². The minimum absolute atomic E-state index is 1.25. The minimum atomic E-state index is -3.83. The van der Waals surface area contributed by atoms with Gasteiger partial charge in [0.1, 0.15) is 0 Å². The molecule has 0 rings (SSSR count). The van der Waals surface area contributed by atoms with E-state index >= 15 is 0 Å². The first-order valence-electron chi connectivity index (χ1n) is 2.11. The van der Waals surface area contributed by atoms with E-state index in [9.17, 15) is 0 Å². The number of rotatable bonds is 0. The Kier molecular flexibility index (Phi) is 7.55. The van der Waals surface area contributed by atoms with Crippen LogP contribution in [0, 0.1) is 0 Å². The summed E-state index contributed by atoms with van der Waals surface area (Å²) in [5, 5.41) is 0. The van der Waals surface area contributed by atoms with Crippen molar-refractivity contribution in [2.75, 3.05) is 0 Å².